The Balaban J connectivity index is 2.07. The van der Waals surface area contributed by atoms with Crippen molar-refractivity contribution in [1.82, 2.24) is 5.32 Å². The summed E-state index contributed by atoms with van der Waals surface area (Å²) in [5, 5.41) is 73.9. The molecule has 8 atom stereocenters. The van der Waals surface area contributed by atoms with E-state index in [1.807, 2.05) is 6.92 Å². The van der Waals surface area contributed by atoms with E-state index in [-0.39, 0.29) is 6.42 Å². The summed E-state index contributed by atoms with van der Waals surface area (Å²) in [6.45, 7) is 3.56. The molecule has 1 rings (SSSR count). The number of carbonyl (C=O) groups excluding carboxylic acids is 1. The van der Waals surface area contributed by atoms with Gasteiger partial charge in [-0.15, -0.1) is 0 Å². The fourth-order valence-electron chi connectivity index (χ4n) is 8.91. The first-order chi connectivity index (χ1) is 33.3. The van der Waals surface area contributed by atoms with Gasteiger partial charge in [0.05, 0.1) is 31.3 Å². The SMILES string of the molecule is CCCC/C=C/C(O)C(COP(=O)(O)OC1C(O)C(O)C(O)C(O)C1O)NC(=O)CC(O)CCCCCCCCCCCCCCCCC/C=C\C/C=C\CCCCCCCCCCCCCCC. The first-order valence-corrected chi connectivity index (χ1v) is 29.5. The number of amides is 1. The van der Waals surface area contributed by atoms with Crippen molar-refractivity contribution in [3.05, 3.63) is 36.5 Å². The number of allylic oxidation sites excluding steroid dienone is 5. The van der Waals surface area contributed by atoms with Gasteiger partial charge in [-0.3, -0.25) is 13.8 Å². The number of rotatable bonds is 47. The van der Waals surface area contributed by atoms with Crippen molar-refractivity contribution in [2.45, 2.75) is 300 Å². The number of aliphatic hydroxyl groups is 7. The van der Waals surface area contributed by atoms with E-state index >= 15 is 0 Å². The van der Waals surface area contributed by atoms with E-state index in [2.05, 4.69) is 36.5 Å². The molecule has 9 N–H and O–H groups in total. The quantitative estimate of drug-likeness (QED) is 0.0158. The summed E-state index contributed by atoms with van der Waals surface area (Å²) in [5.74, 6) is -0.601. The fourth-order valence-corrected chi connectivity index (χ4v) is 9.87. The van der Waals surface area contributed by atoms with E-state index in [4.69, 9.17) is 9.05 Å². The average molecular weight is 1000 g/mol. The maximum atomic E-state index is 12.9. The van der Waals surface area contributed by atoms with Gasteiger partial charge in [-0.05, 0) is 44.9 Å². The minimum Gasteiger partial charge on any atom is -0.393 e. The number of hydrogen-bond donors (Lipinski definition) is 9. The van der Waals surface area contributed by atoms with E-state index in [1.54, 1.807) is 6.08 Å². The van der Waals surface area contributed by atoms with Gasteiger partial charge in [-0.2, -0.15) is 0 Å². The van der Waals surface area contributed by atoms with Crippen molar-refractivity contribution in [1.29, 1.82) is 0 Å². The van der Waals surface area contributed by atoms with Crippen LogP contribution in [0.3, 0.4) is 0 Å². The third kappa shape index (κ3) is 35.3. The molecule has 1 aliphatic rings. The van der Waals surface area contributed by atoms with Crippen molar-refractivity contribution >= 4 is 13.7 Å². The van der Waals surface area contributed by atoms with Crippen molar-refractivity contribution in [2.75, 3.05) is 6.61 Å². The van der Waals surface area contributed by atoms with Crippen LogP contribution in [0, 0.1) is 0 Å². The summed E-state index contributed by atoms with van der Waals surface area (Å²) in [6, 6.07) is -1.24. The van der Waals surface area contributed by atoms with E-state index in [0.29, 0.717) is 12.8 Å². The first kappa shape index (κ1) is 65.5. The highest BCUT2D eigenvalue weighted by atomic mass is 31.2. The third-order valence-electron chi connectivity index (χ3n) is 13.5. The van der Waals surface area contributed by atoms with Gasteiger partial charge in [-0.25, -0.2) is 4.57 Å². The molecular weight excluding hydrogens is 898 g/mol. The Morgan fingerprint density at radius 2 is 0.899 bits per heavy atom. The van der Waals surface area contributed by atoms with Crippen LogP contribution in [0.2, 0.25) is 0 Å². The molecule has 1 saturated carbocycles. The van der Waals surface area contributed by atoms with Crippen LogP contribution in [-0.4, -0.2) is 108 Å². The topological polar surface area (TPSA) is 226 Å². The maximum Gasteiger partial charge on any atom is 0.472 e. The van der Waals surface area contributed by atoms with Crippen molar-refractivity contribution < 1.29 is 59.0 Å². The molecule has 0 aromatic rings. The molecule has 0 saturated heterocycles. The lowest BCUT2D eigenvalue weighted by molar-refractivity contribution is -0.220. The maximum absolute atomic E-state index is 12.9. The Bertz CT molecular complexity index is 1320. The molecule has 69 heavy (non-hydrogen) atoms. The second-order valence-corrected chi connectivity index (χ2v) is 21.4. The van der Waals surface area contributed by atoms with Crippen LogP contribution < -0.4 is 5.32 Å². The van der Waals surface area contributed by atoms with Gasteiger partial charge < -0.3 is 46.0 Å². The van der Waals surface area contributed by atoms with Crippen LogP contribution in [0.15, 0.2) is 36.5 Å². The lowest BCUT2D eigenvalue weighted by atomic mass is 9.85. The average Bonchev–Trinajstić information content (AvgIpc) is 3.33. The summed E-state index contributed by atoms with van der Waals surface area (Å²) >= 11 is 0. The smallest absolute Gasteiger partial charge is 0.393 e. The number of aliphatic hydroxyl groups excluding tert-OH is 7. The van der Waals surface area contributed by atoms with E-state index in [9.17, 15) is 50.0 Å². The highest BCUT2D eigenvalue weighted by molar-refractivity contribution is 7.47. The molecule has 1 aliphatic carbocycles. The van der Waals surface area contributed by atoms with Crippen LogP contribution in [0.4, 0.5) is 0 Å². The number of unbranched alkanes of at least 4 members (excludes halogenated alkanes) is 30. The van der Waals surface area contributed by atoms with E-state index < -0.39 is 75.2 Å². The molecule has 0 aromatic carbocycles. The van der Waals surface area contributed by atoms with E-state index in [1.165, 1.54) is 173 Å². The normalized spacial score (nSPS) is 22.2. The number of phosphoric acid groups is 1. The van der Waals surface area contributed by atoms with E-state index in [0.717, 1.165) is 44.9 Å². The Morgan fingerprint density at radius 3 is 1.33 bits per heavy atom. The highest BCUT2D eigenvalue weighted by Crippen LogP contribution is 2.47. The second kappa shape index (κ2) is 44.0. The second-order valence-electron chi connectivity index (χ2n) is 20.0. The van der Waals surface area contributed by atoms with Crippen LogP contribution >= 0.6 is 7.82 Å². The van der Waals surface area contributed by atoms with Gasteiger partial charge in [0.2, 0.25) is 5.91 Å². The number of hydrogen-bond acceptors (Lipinski definition) is 11. The zero-order chi connectivity index (χ0) is 50.8. The third-order valence-corrected chi connectivity index (χ3v) is 14.5. The zero-order valence-electron chi connectivity index (χ0n) is 43.5. The molecule has 13 nitrogen and oxygen atoms in total. The van der Waals surface area contributed by atoms with Crippen molar-refractivity contribution in [2.24, 2.45) is 0 Å². The predicted octanol–water partition coefficient (Wildman–Crippen LogP) is 11.3. The van der Waals surface area contributed by atoms with Crippen LogP contribution in [0.1, 0.15) is 245 Å². The van der Waals surface area contributed by atoms with Crippen molar-refractivity contribution in [3.8, 4) is 0 Å². The molecule has 8 unspecified atom stereocenters. The molecule has 0 radical (unpaired) electrons. The predicted molar refractivity (Wildman–Crippen MR) is 280 cm³/mol. The molecule has 0 spiro atoms. The fraction of sp³-hybridized carbons (Fsp3) is 0.873. The molecule has 0 aromatic heterocycles. The highest BCUT2D eigenvalue weighted by Gasteiger charge is 2.51. The molecule has 1 fully saturated rings. The summed E-state index contributed by atoms with van der Waals surface area (Å²) in [4.78, 5) is 23.2. The van der Waals surface area contributed by atoms with Crippen LogP contribution in [0.5, 0.6) is 0 Å². The Morgan fingerprint density at radius 1 is 0.522 bits per heavy atom. The molecular formula is C55H104NO12P. The van der Waals surface area contributed by atoms with Crippen LogP contribution in [-0.2, 0) is 18.4 Å². The first-order valence-electron chi connectivity index (χ1n) is 28.0. The van der Waals surface area contributed by atoms with Crippen molar-refractivity contribution in [3.63, 3.8) is 0 Å². The summed E-state index contributed by atoms with van der Waals surface area (Å²) in [7, 11) is -5.12. The van der Waals surface area contributed by atoms with Gasteiger partial charge >= 0.3 is 7.82 Å². The molecule has 0 aliphatic heterocycles. The minimum absolute atomic E-state index is 0.246. The minimum atomic E-state index is -5.12. The molecule has 406 valence electrons. The summed E-state index contributed by atoms with van der Waals surface area (Å²) in [6.07, 6.45) is 41.1. The largest absolute Gasteiger partial charge is 0.472 e. The number of phosphoric ester groups is 1. The summed E-state index contributed by atoms with van der Waals surface area (Å²) < 4.78 is 22.6. The Hall–Kier alpha value is -1.48. The van der Waals surface area contributed by atoms with Gasteiger partial charge in [0.1, 0.15) is 36.6 Å². The van der Waals surface area contributed by atoms with Gasteiger partial charge in [0.15, 0.2) is 0 Å². The lowest BCUT2D eigenvalue weighted by Crippen LogP contribution is -2.64. The van der Waals surface area contributed by atoms with Crippen LogP contribution in [0.25, 0.3) is 0 Å². The van der Waals surface area contributed by atoms with Gasteiger partial charge in [-0.1, -0.05) is 230 Å². The lowest BCUT2D eigenvalue weighted by Gasteiger charge is -2.41. The Labute approximate surface area is 419 Å². The van der Waals surface area contributed by atoms with Gasteiger partial charge in [0.25, 0.3) is 0 Å². The molecule has 1 amide bonds. The standard InChI is InChI=1S/C55H104NO12P/c1-3-5-7-9-10-11-12-13-14-15-16-17-18-19-20-21-22-23-24-25-26-27-28-29-30-31-32-33-34-35-36-37-38-39-40-42-46(57)44-49(59)56-47(48(58)43-41-8-6-4-2)45-67-69(65,66)68-55-53(63)51(61)50(60)52(62)54(55)64/h20-21,23-24,41,43,46-48,50-55,57-58,60-64H,3-19,22,25-40,42,44-45H2,1-2H3,(H,56,59)(H,65,66)/b21-20-,24-23-,43-41+. The number of carbonyl (C=O) groups is 1. The number of nitrogens with one attached hydrogen (secondary N) is 1. The summed E-state index contributed by atoms with van der Waals surface area (Å²) in [5.41, 5.74) is 0. The molecule has 0 bridgehead atoms. The van der Waals surface area contributed by atoms with Gasteiger partial charge in [0, 0.05) is 0 Å². The zero-order valence-corrected chi connectivity index (χ0v) is 44.4. The Kier molecular flexibility index (Phi) is 41.8. The monoisotopic (exact) mass is 1000 g/mol. The molecule has 14 heteroatoms. The molecule has 0 heterocycles.